The Morgan fingerprint density at radius 3 is 2.57 bits per heavy atom. The number of thioether (sulfide) groups is 1. The van der Waals surface area contributed by atoms with Crippen molar-refractivity contribution in [2.45, 2.75) is 0 Å². The van der Waals surface area contributed by atoms with E-state index in [9.17, 15) is 9.59 Å². The number of furan rings is 1. The number of carbonyl (C=O) groups is 2. The van der Waals surface area contributed by atoms with Gasteiger partial charge >= 0.3 is 5.97 Å². The first-order valence-corrected chi connectivity index (χ1v) is 9.78. The second-order valence-corrected chi connectivity index (χ2v) is 7.71. The van der Waals surface area contributed by atoms with Crippen LogP contribution in [0.1, 0.15) is 16.1 Å². The molecule has 10 heteroatoms. The molecule has 1 amide bonds. The number of benzene rings is 1. The Labute approximate surface area is 180 Å². The van der Waals surface area contributed by atoms with E-state index in [1.165, 1.54) is 24.1 Å². The second kappa shape index (κ2) is 8.09. The van der Waals surface area contributed by atoms with Crippen molar-refractivity contribution in [1.29, 1.82) is 0 Å². The Kier molecular flexibility index (Phi) is 5.34. The molecular weight excluding hydrogens is 426 g/mol. The van der Waals surface area contributed by atoms with Crippen molar-refractivity contribution in [2.24, 2.45) is 0 Å². The van der Waals surface area contributed by atoms with E-state index in [1.54, 1.807) is 42.5 Å². The lowest BCUT2D eigenvalue weighted by atomic mass is 10.2. The van der Waals surface area contributed by atoms with Gasteiger partial charge in [0.25, 0.3) is 5.91 Å². The highest BCUT2D eigenvalue weighted by Crippen LogP contribution is 2.36. The van der Waals surface area contributed by atoms with Crippen molar-refractivity contribution in [1.82, 2.24) is 10.2 Å². The van der Waals surface area contributed by atoms with Crippen LogP contribution in [0.2, 0.25) is 0 Å². The van der Waals surface area contributed by atoms with Gasteiger partial charge in [-0.2, -0.15) is 0 Å². The van der Waals surface area contributed by atoms with E-state index in [0.717, 1.165) is 11.8 Å². The third-order valence-corrected chi connectivity index (χ3v) is 5.47. The van der Waals surface area contributed by atoms with Gasteiger partial charge in [-0.3, -0.25) is 9.69 Å². The van der Waals surface area contributed by atoms with Crippen LogP contribution in [0.4, 0.5) is 5.69 Å². The third kappa shape index (κ3) is 3.82. The number of nitrogens with zero attached hydrogens (tertiary/aromatic N) is 3. The summed E-state index contributed by atoms with van der Waals surface area (Å²) in [6.07, 6.45) is 1.60. The molecule has 8 nitrogen and oxygen atoms in total. The summed E-state index contributed by atoms with van der Waals surface area (Å²) in [5.41, 5.74) is 1.16. The van der Waals surface area contributed by atoms with Crippen LogP contribution in [0, 0.1) is 0 Å². The van der Waals surface area contributed by atoms with Crippen molar-refractivity contribution < 1.29 is 23.8 Å². The van der Waals surface area contributed by atoms with Crippen molar-refractivity contribution >= 4 is 51.9 Å². The fraction of sp³-hybridized carbons (Fsp3) is 0.0500. The van der Waals surface area contributed by atoms with Crippen LogP contribution in [0.5, 0.6) is 5.88 Å². The first kappa shape index (κ1) is 19.8. The maximum absolute atomic E-state index is 12.8. The first-order chi connectivity index (χ1) is 14.5. The SMILES string of the molecule is COc1ccc(-c2ccc(/C=C3/SC(=S)N(c4ccc(C(=O)O)cc4)C3=O)o2)nn1. The van der Waals surface area contributed by atoms with Crippen LogP contribution < -0.4 is 9.64 Å². The first-order valence-electron chi connectivity index (χ1n) is 8.55. The van der Waals surface area contributed by atoms with Crippen molar-refractivity contribution in [3.8, 4) is 17.3 Å². The zero-order valence-electron chi connectivity index (χ0n) is 15.4. The number of methoxy groups -OCH3 is 1. The smallest absolute Gasteiger partial charge is 0.335 e. The number of hydrogen-bond donors (Lipinski definition) is 1. The molecular formula is C20H13N3O5S2. The average Bonchev–Trinajstić information content (AvgIpc) is 3.32. The number of rotatable bonds is 5. The van der Waals surface area contributed by atoms with Crippen molar-refractivity contribution in [2.75, 3.05) is 12.0 Å². The summed E-state index contributed by atoms with van der Waals surface area (Å²) in [6, 6.07) is 12.8. The van der Waals surface area contributed by atoms with Crippen molar-refractivity contribution in [3.63, 3.8) is 0 Å². The summed E-state index contributed by atoms with van der Waals surface area (Å²) < 4.78 is 11.1. The molecule has 2 aromatic heterocycles. The molecule has 1 saturated heterocycles. The third-order valence-electron chi connectivity index (χ3n) is 4.17. The Balaban J connectivity index is 1.56. The molecule has 1 fully saturated rings. The summed E-state index contributed by atoms with van der Waals surface area (Å²) in [6.45, 7) is 0. The van der Waals surface area contributed by atoms with Crippen LogP contribution in [-0.2, 0) is 4.79 Å². The summed E-state index contributed by atoms with van der Waals surface area (Å²) >= 11 is 6.47. The van der Waals surface area contributed by atoms with Gasteiger partial charge in [0, 0.05) is 12.1 Å². The maximum Gasteiger partial charge on any atom is 0.335 e. The van der Waals surface area contributed by atoms with Crippen LogP contribution >= 0.6 is 24.0 Å². The van der Waals surface area contributed by atoms with Gasteiger partial charge in [-0.15, -0.1) is 10.2 Å². The van der Waals surface area contributed by atoms with Gasteiger partial charge in [0.1, 0.15) is 11.5 Å². The predicted octanol–water partition coefficient (Wildman–Crippen LogP) is 3.85. The van der Waals surface area contributed by atoms with Gasteiger partial charge in [0.05, 0.1) is 23.3 Å². The molecule has 1 N–H and O–H groups in total. The fourth-order valence-electron chi connectivity index (χ4n) is 2.70. The summed E-state index contributed by atoms with van der Waals surface area (Å²) in [4.78, 5) is 25.6. The predicted molar refractivity (Wildman–Crippen MR) is 115 cm³/mol. The van der Waals surface area contributed by atoms with Gasteiger partial charge in [0.2, 0.25) is 5.88 Å². The minimum absolute atomic E-state index is 0.129. The number of aromatic carboxylic acids is 1. The number of ether oxygens (including phenoxy) is 1. The Morgan fingerprint density at radius 2 is 1.93 bits per heavy atom. The van der Waals surface area contributed by atoms with E-state index in [4.69, 9.17) is 26.5 Å². The van der Waals surface area contributed by atoms with E-state index >= 15 is 0 Å². The number of aromatic nitrogens is 2. The number of anilines is 1. The minimum atomic E-state index is -1.04. The molecule has 1 aliphatic heterocycles. The van der Waals surface area contributed by atoms with Crippen molar-refractivity contribution in [3.05, 3.63) is 64.8 Å². The number of carboxylic acids is 1. The molecule has 0 aliphatic carbocycles. The van der Waals surface area contributed by atoms with Gasteiger partial charge in [-0.05, 0) is 42.5 Å². The maximum atomic E-state index is 12.8. The van der Waals surface area contributed by atoms with Gasteiger partial charge in [0.15, 0.2) is 10.1 Å². The lowest BCUT2D eigenvalue weighted by Gasteiger charge is -2.14. The highest BCUT2D eigenvalue weighted by Gasteiger charge is 2.33. The number of carbonyl (C=O) groups excluding carboxylic acids is 1. The Bertz CT molecular complexity index is 1170. The minimum Gasteiger partial charge on any atom is -0.480 e. The van der Waals surface area contributed by atoms with E-state index in [-0.39, 0.29) is 11.5 Å². The molecule has 0 atom stereocenters. The molecule has 0 unspecified atom stereocenters. The van der Waals surface area contributed by atoms with Gasteiger partial charge in [-0.1, -0.05) is 24.0 Å². The molecule has 0 saturated carbocycles. The number of thiocarbonyl (C=S) groups is 1. The molecule has 150 valence electrons. The Morgan fingerprint density at radius 1 is 1.17 bits per heavy atom. The summed E-state index contributed by atoms with van der Waals surface area (Å²) in [7, 11) is 1.51. The molecule has 0 bridgehead atoms. The second-order valence-electron chi connectivity index (χ2n) is 6.03. The molecule has 4 rings (SSSR count). The number of hydrogen-bond acceptors (Lipinski definition) is 8. The highest BCUT2D eigenvalue weighted by molar-refractivity contribution is 8.27. The summed E-state index contributed by atoms with van der Waals surface area (Å²) in [5, 5.41) is 17.0. The van der Waals surface area contributed by atoms with E-state index in [2.05, 4.69) is 10.2 Å². The quantitative estimate of drug-likeness (QED) is 0.469. The molecule has 1 aromatic carbocycles. The molecule has 3 heterocycles. The zero-order chi connectivity index (χ0) is 21.3. The molecule has 3 aromatic rings. The molecule has 30 heavy (non-hydrogen) atoms. The average molecular weight is 439 g/mol. The van der Waals surface area contributed by atoms with Crippen LogP contribution in [0.3, 0.4) is 0 Å². The highest BCUT2D eigenvalue weighted by atomic mass is 32.2. The standard InChI is InChI=1S/C20H13N3O5S2/c1-27-17-9-7-14(21-22-17)15-8-6-13(28-15)10-16-18(24)23(20(29)30-16)12-4-2-11(3-5-12)19(25)26/h2-10H,1H3,(H,25,26)/b16-10+. The monoisotopic (exact) mass is 439 g/mol. The topological polar surface area (TPSA) is 106 Å². The van der Waals surface area contributed by atoms with Crippen LogP contribution in [-0.4, -0.2) is 38.6 Å². The Hall–Kier alpha value is -3.50. The fourth-order valence-corrected chi connectivity index (χ4v) is 3.98. The van der Waals surface area contributed by atoms with E-state index in [0.29, 0.717) is 38.0 Å². The zero-order valence-corrected chi connectivity index (χ0v) is 17.1. The summed E-state index contributed by atoms with van der Waals surface area (Å²) in [5.74, 6) is 0.00310. The molecule has 0 radical (unpaired) electrons. The largest absolute Gasteiger partial charge is 0.480 e. The molecule has 0 spiro atoms. The van der Waals surface area contributed by atoms with Gasteiger partial charge < -0.3 is 14.3 Å². The lowest BCUT2D eigenvalue weighted by molar-refractivity contribution is -0.113. The normalized spacial score (nSPS) is 15.1. The van der Waals surface area contributed by atoms with Crippen LogP contribution in [0.15, 0.2) is 57.9 Å². The van der Waals surface area contributed by atoms with E-state index < -0.39 is 5.97 Å². The number of carboxylic acid groups (broad SMARTS) is 1. The van der Waals surface area contributed by atoms with E-state index in [1.807, 2.05) is 0 Å². The van der Waals surface area contributed by atoms with Crippen LogP contribution in [0.25, 0.3) is 17.5 Å². The molecule has 1 aliphatic rings. The lowest BCUT2D eigenvalue weighted by Crippen LogP contribution is -2.27. The number of amides is 1. The van der Waals surface area contributed by atoms with Gasteiger partial charge in [-0.25, -0.2) is 4.79 Å².